The van der Waals surface area contributed by atoms with Gasteiger partial charge in [-0.1, -0.05) is 60.1 Å². The van der Waals surface area contributed by atoms with E-state index in [0.29, 0.717) is 38.5 Å². The Bertz CT molecular complexity index is 2620. The summed E-state index contributed by atoms with van der Waals surface area (Å²) in [7, 11) is 0. The van der Waals surface area contributed by atoms with Gasteiger partial charge in [-0.25, -0.2) is 0 Å². The lowest BCUT2D eigenvalue weighted by atomic mass is 9.33. The molecule has 0 radical (unpaired) electrons. The molecule has 29 heteroatoms. The fraction of sp³-hybridized carbons (Fsp3) is 0.953. The van der Waals surface area contributed by atoms with Crippen molar-refractivity contribution in [3.63, 3.8) is 0 Å². The topological polar surface area (TPSA) is 452 Å². The third kappa shape index (κ3) is 12.6. The van der Waals surface area contributed by atoms with Gasteiger partial charge in [-0.2, -0.15) is 0 Å². The minimum absolute atomic E-state index is 0.113. The zero-order chi connectivity index (χ0) is 67.7. The molecule has 11 rings (SSSR count). The molecular weight excluding hydrogens is 1230 g/mol. The normalized spacial score (nSPS) is 54.7. The SMILES string of the molecule is C[C@@H]1O[C@@H](O[C@H]2[C@H](O)[C@@H](O)[C@H](OC[C@H]3O[C@@H](OC(=O)[C@]45CCC(C)(C)C[C@H]4C4=CCC6[C@@]7(C)CC[C@H](O[C@@H]8OC[C@H](O)[C@H](O)[C@H]8O[C@@H]8O[C@@H](C)[C@H](O)[C@@H](O[C@@H]9OC[C@@H](O)[C@@H](O)[C@H]9O)[C@H]8O)C(C)(C)[C@@H]7CC[C@@]6(C)[C@]4(C)CC5)[C@H](O)[C@@H](O)[C@@H]3O)O[C@@H]2CO)[C@H](O)[C@H](O)[C@H]1O. The van der Waals surface area contributed by atoms with Gasteiger partial charge < -0.3 is 139 Å². The maximum atomic E-state index is 15.3. The van der Waals surface area contributed by atoms with E-state index in [1.807, 2.05) is 0 Å². The summed E-state index contributed by atoms with van der Waals surface area (Å²) in [5.41, 5.74) is -1.40. The lowest BCUT2D eigenvalue weighted by Crippen LogP contribution is -2.66. The second kappa shape index (κ2) is 26.9. The second-order valence-electron chi connectivity index (χ2n) is 31.0. The van der Waals surface area contributed by atoms with Crippen LogP contribution in [0.1, 0.15) is 127 Å². The zero-order valence-corrected chi connectivity index (χ0v) is 54.4. The third-order valence-corrected chi connectivity index (χ3v) is 24.8. The van der Waals surface area contributed by atoms with Crippen molar-refractivity contribution in [1.82, 2.24) is 0 Å². The van der Waals surface area contributed by atoms with Crippen LogP contribution in [0.4, 0.5) is 0 Å². The van der Waals surface area contributed by atoms with E-state index in [0.717, 1.165) is 25.7 Å². The number of hydrogen-bond acceptors (Lipinski definition) is 29. The molecule has 0 aromatic carbocycles. The van der Waals surface area contributed by atoms with Gasteiger partial charge in [0.25, 0.3) is 0 Å². The molecule has 16 N–H and O–H groups in total. The number of esters is 1. The van der Waals surface area contributed by atoms with Crippen LogP contribution in [-0.4, -0.2) is 292 Å². The molecule has 4 saturated carbocycles. The first-order valence-electron chi connectivity index (χ1n) is 33.4. The minimum Gasteiger partial charge on any atom is -0.432 e. The van der Waals surface area contributed by atoms with E-state index >= 15 is 4.79 Å². The fourth-order valence-electron chi connectivity index (χ4n) is 18.7. The van der Waals surface area contributed by atoms with E-state index in [1.165, 1.54) is 19.4 Å². The number of ether oxygens (including phenoxy) is 12. The molecule has 11 aliphatic rings. The largest absolute Gasteiger partial charge is 0.432 e. The first kappa shape index (κ1) is 72.4. The smallest absolute Gasteiger partial charge is 0.315 e. The third-order valence-electron chi connectivity index (χ3n) is 24.8. The van der Waals surface area contributed by atoms with Crippen molar-refractivity contribution in [2.45, 2.75) is 305 Å². The number of carbonyl (C=O) groups excluding carboxylic acids is 1. The Balaban J connectivity index is 0.762. The molecule has 0 bridgehead atoms. The molecule has 534 valence electrons. The predicted octanol–water partition coefficient (Wildman–Crippen LogP) is -3.05. The van der Waals surface area contributed by atoms with Gasteiger partial charge in [0.2, 0.25) is 6.29 Å². The molecular formula is C64H104O29. The maximum absolute atomic E-state index is 15.3. The van der Waals surface area contributed by atoms with E-state index in [-0.39, 0.29) is 46.0 Å². The van der Waals surface area contributed by atoms with Crippen LogP contribution in [0, 0.1) is 50.2 Å². The predicted molar refractivity (Wildman–Crippen MR) is 313 cm³/mol. The van der Waals surface area contributed by atoms with Crippen LogP contribution < -0.4 is 0 Å². The lowest BCUT2D eigenvalue weighted by Gasteiger charge is -2.71. The van der Waals surface area contributed by atoms with E-state index in [9.17, 15) is 81.7 Å². The number of hydrogen-bond donors (Lipinski definition) is 16. The molecule has 29 nitrogen and oxygen atoms in total. The number of aliphatic hydroxyl groups excluding tert-OH is 16. The first-order valence-corrected chi connectivity index (χ1v) is 33.4. The van der Waals surface area contributed by atoms with Crippen molar-refractivity contribution in [3.05, 3.63) is 11.6 Å². The number of allylic oxidation sites excluding steroid dienone is 2. The van der Waals surface area contributed by atoms with Crippen LogP contribution in [0.3, 0.4) is 0 Å². The van der Waals surface area contributed by atoms with Crippen LogP contribution in [0.15, 0.2) is 11.6 Å². The van der Waals surface area contributed by atoms with Crippen LogP contribution in [0.5, 0.6) is 0 Å². The summed E-state index contributed by atoms with van der Waals surface area (Å²) in [4.78, 5) is 15.3. The highest BCUT2D eigenvalue weighted by molar-refractivity contribution is 5.79. The average molecular weight is 1340 g/mol. The monoisotopic (exact) mass is 1340 g/mol. The summed E-state index contributed by atoms with van der Waals surface area (Å²) < 4.78 is 71.5. The van der Waals surface area contributed by atoms with Gasteiger partial charge in [-0.05, 0) is 123 Å². The van der Waals surface area contributed by atoms with Crippen molar-refractivity contribution in [3.8, 4) is 0 Å². The second-order valence-corrected chi connectivity index (χ2v) is 31.0. The summed E-state index contributed by atoms with van der Waals surface area (Å²) in [6.45, 7) is 16.7. The molecule has 6 heterocycles. The van der Waals surface area contributed by atoms with Gasteiger partial charge in [-0.15, -0.1) is 0 Å². The summed E-state index contributed by atoms with van der Waals surface area (Å²) in [6.07, 6.45) is -35.6. The Morgan fingerprint density at radius 3 is 1.76 bits per heavy atom. The molecule has 6 aliphatic heterocycles. The quantitative estimate of drug-likeness (QED) is 0.0467. The maximum Gasteiger partial charge on any atom is 0.315 e. The highest BCUT2D eigenvalue weighted by Crippen LogP contribution is 2.76. The molecule has 36 atom stereocenters. The minimum atomic E-state index is -1.90. The lowest BCUT2D eigenvalue weighted by molar-refractivity contribution is -0.378. The molecule has 0 spiro atoms. The Kier molecular flexibility index (Phi) is 20.9. The number of fused-ring (bicyclic) bond motifs is 7. The Hall–Kier alpha value is -1.87. The molecule has 0 aromatic rings. The van der Waals surface area contributed by atoms with Gasteiger partial charge in [0.1, 0.15) is 122 Å². The van der Waals surface area contributed by atoms with E-state index in [4.69, 9.17) is 56.8 Å². The Labute approximate surface area is 540 Å². The molecule has 6 saturated heterocycles. The van der Waals surface area contributed by atoms with E-state index in [1.54, 1.807) is 0 Å². The first-order chi connectivity index (χ1) is 43.5. The Morgan fingerprint density at radius 1 is 0.505 bits per heavy atom. The van der Waals surface area contributed by atoms with Crippen molar-refractivity contribution in [2.75, 3.05) is 26.4 Å². The molecule has 93 heavy (non-hydrogen) atoms. The number of aliphatic hydroxyl groups is 16. The van der Waals surface area contributed by atoms with E-state index in [2.05, 4.69) is 54.5 Å². The van der Waals surface area contributed by atoms with Crippen LogP contribution in [-0.2, 0) is 61.6 Å². The summed E-state index contributed by atoms with van der Waals surface area (Å²) >= 11 is 0. The molecule has 0 amide bonds. The highest BCUT2D eigenvalue weighted by Gasteiger charge is 2.70. The van der Waals surface area contributed by atoms with Gasteiger partial charge in [-0.3, -0.25) is 4.79 Å². The molecule has 5 aliphatic carbocycles. The summed E-state index contributed by atoms with van der Waals surface area (Å²) in [6, 6.07) is 0. The van der Waals surface area contributed by atoms with E-state index < -0.39 is 215 Å². The van der Waals surface area contributed by atoms with Crippen LogP contribution >= 0.6 is 0 Å². The van der Waals surface area contributed by atoms with Crippen molar-refractivity contribution in [1.29, 1.82) is 0 Å². The van der Waals surface area contributed by atoms with Crippen molar-refractivity contribution in [2.24, 2.45) is 50.2 Å². The number of rotatable bonds is 14. The van der Waals surface area contributed by atoms with Crippen molar-refractivity contribution < 1.29 is 143 Å². The Morgan fingerprint density at radius 2 is 1.08 bits per heavy atom. The van der Waals surface area contributed by atoms with Crippen LogP contribution in [0.25, 0.3) is 0 Å². The average Bonchev–Trinajstić information content (AvgIpc) is 0.676. The van der Waals surface area contributed by atoms with Gasteiger partial charge in [0.15, 0.2) is 31.5 Å². The summed E-state index contributed by atoms with van der Waals surface area (Å²) in [5, 5.41) is 174. The zero-order valence-electron chi connectivity index (χ0n) is 54.4. The van der Waals surface area contributed by atoms with Gasteiger partial charge in [0.05, 0.1) is 50.2 Å². The number of carbonyl (C=O) groups is 1. The van der Waals surface area contributed by atoms with Crippen molar-refractivity contribution >= 4 is 5.97 Å². The molecule has 0 aromatic heterocycles. The van der Waals surface area contributed by atoms with Crippen LogP contribution in [0.2, 0.25) is 0 Å². The molecule has 1 unspecified atom stereocenters. The summed E-state index contributed by atoms with van der Waals surface area (Å²) in [5.74, 6) is -0.598. The highest BCUT2D eigenvalue weighted by atomic mass is 16.8. The van der Waals surface area contributed by atoms with Gasteiger partial charge in [0, 0.05) is 0 Å². The fourth-order valence-corrected chi connectivity index (χ4v) is 18.7. The molecule has 10 fully saturated rings. The standard InChI is InChI=1S/C64H104O29/c1-25-36(68)41(73)45(77)54(85-25)90-49-31(21-65)87-52(47(79)43(49)75)84-24-32-40(72)42(74)46(78)55(88-32)93-58(81)64-18-16-59(3,4)20-28(64)27-10-11-34-61(7)14-13-35(60(5,6)33(61)12-15-63(34,9)62(27,8)17-19-64)89-57-51(39(71)30(67)23-83-57)92-56-48(80)50(37(69)26(2)86-56)91-53-44(76)38(70)29(66)22-82-53/h10,25-26,28-57,65-80H,11-24H2,1-9H3/t25-,26-,28-,29+,30-,31+,32+,33-,34?,35-,36-,37-,38+,39-,40+,41+,42-,43+,44+,45+,46+,47+,48+,49+,50+,51+,52+,53-,54-,55-,56-,57-,61-,62+,63+,64-/m0/s1. The van der Waals surface area contributed by atoms with Gasteiger partial charge >= 0.3 is 5.97 Å².